The van der Waals surface area contributed by atoms with Gasteiger partial charge in [0.05, 0.1) is 0 Å². The zero-order chi connectivity index (χ0) is 16.5. The van der Waals surface area contributed by atoms with E-state index >= 15 is 0 Å². The molecule has 6 heteroatoms. The molecule has 1 aromatic heterocycles. The fourth-order valence-corrected chi connectivity index (χ4v) is 3.65. The zero-order valence-corrected chi connectivity index (χ0v) is 14.2. The molecule has 1 saturated carbocycles. The lowest BCUT2D eigenvalue weighted by molar-refractivity contribution is -0.142. The maximum atomic E-state index is 12.7. The predicted molar refractivity (Wildman–Crippen MR) is 90.4 cm³/mol. The molecule has 1 aromatic carbocycles. The molecule has 1 unspecified atom stereocenters. The van der Waals surface area contributed by atoms with Crippen LogP contribution in [0.1, 0.15) is 50.5 Å². The molecule has 5 nitrogen and oxygen atoms in total. The summed E-state index contributed by atoms with van der Waals surface area (Å²) < 4.78 is 5.51. The van der Waals surface area contributed by atoms with E-state index in [1.54, 1.807) is 0 Å². The van der Waals surface area contributed by atoms with Crippen molar-refractivity contribution in [1.29, 1.82) is 0 Å². The number of piperidine rings is 1. The first-order valence-electron chi connectivity index (χ1n) is 8.62. The van der Waals surface area contributed by atoms with Crippen molar-refractivity contribution in [3.05, 3.63) is 35.2 Å². The SMILES string of the molecule is O=C(C1CCC1)N1CCCCC1c1nc(-c2cccc(Cl)c2)no1. The Hall–Kier alpha value is -1.88. The summed E-state index contributed by atoms with van der Waals surface area (Å²) >= 11 is 6.03. The van der Waals surface area contributed by atoms with Gasteiger partial charge in [-0.25, -0.2) is 0 Å². The number of halogens is 1. The lowest BCUT2D eigenvalue weighted by Gasteiger charge is -2.38. The topological polar surface area (TPSA) is 59.2 Å². The molecule has 4 rings (SSSR count). The predicted octanol–water partition coefficient (Wildman–Crippen LogP) is 4.24. The summed E-state index contributed by atoms with van der Waals surface area (Å²) in [7, 11) is 0. The van der Waals surface area contributed by atoms with Gasteiger partial charge in [-0.05, 0) is 44.2 Å². The standard InChI is InChI=1S/C18H20ClN3O2/c19-14-8-4-7-13(11-14)16-20-17(24-21-16)15-9-1-2-10-22(15)18(23)12-5-3-6-12/h4,7-8,11-12,15H,1-3,5-6,9-10H2. The number of aromatic nitrogens is 2. The monoisotopic (exact) mass is 345 g/mol. The molecule has 1 aliphatic carbocycles. The summed E-state index contributed by atoms with van der Waals surface area (Å²) in [6.07, 6.45) is 6.20. The van der Waals surface area contributed by atoms with Crippen molar-refractivity contribution < 1.29 is 9.32 Å². The molecule has 126 valence electrons. The molecule has 0 radical (unpaired) electrons. The average Bonchev–Trinajstić information content (AvgIpc) is 3.03. The molecule has 0 bridgehead atoms. The van der Waals surface area contributed by atoms with Gasteiger partial charge >= 0.3 is 0 Å². The third kappa shape index (κ3) is 2.93. The number of nitrogens with zero attached hydrogens (tertiary/aromatic N) is 3. The number of benzene rings is 1. The van der Waals surface area contributed by atoms with E-state index in [1.165, 1.54) is 0 Å². The lowest BCUT2D eigenvalue weighted by Crippen LogP contribution is -2.43. The molecular weight excluding hydrogens is 326 g/mol. The second-order valence-corrected chi connectivity index (χ2v) is 7.07. The van der Waals surface area contributed by atoms with E-state index in [0.717, 1.165) is 50.6 Å². The van der Waals surface area contributed by atoms with E-state index < -0.39 is 0 Å². The quantitative estimate of drug-likeness (QED) is 0.834. The first-order chi connectivity index (χ1) is 11.7. The van der Waals surface area contributed by atoms with Crippen LogP contribution in [-0.2, 0) is 4.79 Å². The minimum Gasteiger partial charge on any atom is -0.337 e. The van der Waals surface area contributed by atoms with Gasteiger partial charge in [-0.15, -0.1) is 0 Å². The summed E-state index contributed by atoms with van der Waals surface area (Å²) in [4.78, 5) is 19.2. The van der Waals surface area contributed by atoms with Crippen molar-refractivity contribution >= 4 is 17.5 Å². The fraction of sp³-hybridized carbons (Fsp3) is 0.500. The van der Waals surface area contributed by atoms with Gasteiger partial charge in [-0.3, -0.25) is 4.79 Å². The number of hydrogen-bond acceptors (Lipinski definition) is 4. The highest BCUT2D eigenvalue weighted by molar-refractivity contribution is 6.30. The van der Waals surface area contributed by atoms with Gasteiger partial charge in [0.1, 0.15) is 6.04 Å². The molecule has 2 heterocycles. The lowest BCUT2D eigenvalue weighted by atomic mass is 9.83. The maximum Gasteiger partial charge on any atom is 0.249 e. The van der Waals surface area contributed by atoms with Crippen LogP contribution in [0.3, 0.4) is 0 Å². The van der Waals surface area contributed by atoms with Crippen molar-refractivity contribution in [3.8, 4) is 11.4 Å². The Balaban J connectivity index is 1.58. The van der Waals surface area contributed by atoms with Gasteiger partial charge in [-0.2, -0.15) is 4.98 Å². The van der Waals surface area contributed by atoms with Crippen molar-refractivity contribution in [2.45, 2.75) is 44.6 Å². The maximum absolute atomic E-state index is 12.7. The summed E-state index contributed by atoms with van der Waals surface area (Å²) in [6, 6.07) is 7.30. The minimum absolute atomic E-state index is 0.0905. The number of carbonyl (C=O) groups excluding carboxylic acids is 1. The van der Waals surface area contributed by atoms with E-state index in [9.17, 15) is 4.79 Å². The van der Waals surface area contributed by atoms with Crippen LogP contribution < -0.4 is 0 Å². The Kier molecular flexibility index (Phi) is 4.27. The molecule has 0 spiro atoms. The highest BCUT2D eigenvalue weighted by Crippen LogP contribution is 2.36. The largest absolute Gasteiger partial charge is 0.337 e. The number of hydrogen-bond donors (Lipinski definition) is 0. The van der Waals surface area contributed by atoms with Crippen LogP contribution in [-0.4, -0.2) is 27.5 Å². The van der Waals surface area contributed by atoms with Crippen molar-refractivity contribution in [3.63, 3.8) is 0 Å². The number of likely N-dealkylation sites (tertiary alicyclic amines) is 1. The van der Waals surface area contributed by atoms with Crippen LogP contribution in [0, 0.1) is 5.92 Å². The molecule has 0 N–H and O–H groups in total. The Labute approximate surface area is 146 Å². The van der Waals surface area contributed by atoms with Gasteiger partial charge in [0.2, 0.25) is 17.6 Å². The van der Waals surface area contributed by atoms with Crippen molar-refractivity contribution in [2.75, 3.05) is 6.54 Å². The minimum atomic E-state index is -0.0905. The van der Waals surface area contributed by atoms with E-state index in [1.807, 2.05) is 29.2 Å². The zero-order valence-electron chi connectivity index (χ0n) is 13.4. The van der Waals surface area contributed by atoms with Crippen LogP contribution in [0.15, 0.2) is 28.8 Å². The second-order valence-electron chi connectivity index (χ2n) is 6.64. The van der Waals surface area contributed by atoms with E-state index in [4.69, 9.17) is 16.1 Å². The normalized spacial score (nSPS) is 21.5. The molecule has 1 atom stereocenters. The Morgan fingerprint density at radius 1 is 1.21 bits per heavy atom. The van der Waals surface area contributed by atoms with Gasteiger partial charge in [0.15, 0.2) is 0 Å². The first-order valence-corrected chi connectivity index (χ1v) is 9.00. The highest BCUT2D eigenvalue weighted by atomic mass is 35.5. The molecule has 2 aliphatic rings. The number of carbonyl (C=O) groups is 1. The van der Waals surface area contributed by atoms with Crippen LogP contribution >= 0.6 is 11.6 Å². The molecular formula is C18H20ClN3O2. The Morgan fingerprint density at radius 3 is 2.83 bits per heavy atom. The second kappa shape index (κ2) is 6.55. The van der Waals surface area contributed by atoms with Crippen LogP contribution in [0.25, 0.3) is 11.4 Å². The number of amides is 1. The van der Waals surface area contributed by atoms with E-state index in [0.29, 0.717) is 16.7 Å². The van der Waals surface area contributed by atoms with Gasteiger partial charge in [0, 0.05) is 23.0 Å². The summed E-state index contributed by atoms with van der Waals surface area (Å²) in [5.74, 6) is 1.51. The smallest absolute Gasteiger partial charge is 0.249 e. The summed E-state index contributed by atoms with van der Waals surface area (Å²) in [5, 5.41) is 4.73. The average molecular weight is 346 g/mol. The Bertz CT molecular complexity index is 741. The molecule has 1 saturated heterocycles. The molecule has 2 aromatic rings. The molecule has 24 heavy (non-hydrogen) atoms. The fourth-order valence-electron chi connectivity index (χ4n) is 3.46. The van der Waals surface area contributed by atoms with Crippen molar-refractivity contribution in [1.82, 2.24) is 15.0 Å². The summed E-state index contributed by atoms with van der Waals surface area (Å²) in [6.45, 7) is 0.787. The van der Waals surface area contributed by atoms with Gasteiger partial charge in [0.25, 0.3) is 0 Å². The molecule has 1 amide bonds. The van der Waals surface area contributed by atoms with Crippen LogP contribution in [0.5, 0.6) is 0 Å². The van der Waals surface area contributed by atoms with E-state index in [-0.39, 0.29) is 17.9 Å². The number of rotatable bonds is 3. The van der Waals surface area contributed by atoms with E-state index in [2.05, 4.69) is 10.1 Å². The van der Waals surface area contributed by atoms with Crippen LogP contribution in [0.2, 0.25) is 5.02 Å². The molecule has 1 aliphatic heterocycles. The van der Waals surface area contributed by atoms with Gasteiger partial charge < -0.3 is 9.42 Å². The molecule has 2 fully saturated rings. The first kappa shape index (κ1) is 15.6. The van der Waals surface area contributed by atoms with Crippen LogP contribution in [0.4, 0.5) is 0 Å². The summed E-state index contributed by atoms with van der Waals surface area (Å²) in [5.41, 5.74) is 0.824. The third-order valence-electron chi connectivity index (χ3n) is 5.05. The third-order valence-corrected chi connectivity index (χ3v) is 5.29. The highest BCUT2D eigenvalue weighted by Gasteiger charge is 2.37. The van der Waals surface area contributed by atoms with Crippen molar-refractivity contribution in [2.24, 2.45) is 5.92 Å². The Morgan fingerprint density at radius 2 is 2.08 bits per heavy atom. The van der Waals surface area contributed by atoms with Gasteiger partial charge in [-0.1, -0.05) is 35.3 Å².